The summed E-state index contributed by atoms with van der Waals surface area (Å²) in [5.41, 5.74) is 2.38. The first-order valence-electron chi connectivity index (χ1n) is 5.56. The first-order chi connectivity index (χ1) is 7.56. The summed E-state index contributed by atoms with van der Waals surface area (Å²) in [6, 6.07) is 8.17. The van der Waals surface area contributed by atoms with Crippen LogP contribution in [0.5, 0.6) is 0 Å². The van der Waals surface area contributed by atoms with Crippen LogP contribution >= 0.6 is 15.9 Å². The van der Waals surface area contributed by atoms with Crippen LogP contribution in [0.15, 0.2) is 24.3 Å². The standard InChI is InChI=1S/C13H18BrNO/c1-4-12(14)13(16)15-10(3)11-8-6-5-7-9(11)2/h5-8,10,12H,4H2,1-3H3,(H,15,16)/t10-,12?/m0/s1. The molecule has 1 amide bonds. The van der Waals surface area contributed by atoms with E-state index in [1.54, 1.807) is 0 Å². The van der Waals surface area contributed by atoms with E-state index >= 15 is 0 Å². The molecule has 3 heteroatoms. The van der Waals surface area contributed by atoms with Crippen LogP contribution < -0.4 is 5.32 Å². The Labute approximate surface area is 106 Å². The zero-order valence-corrected chi connectivity index (χ0v) is 11.5. The summed E-state index contributed by atoms with van der Waals surface area (Å²) in [6.45, 7) is 6.05. The van der Waals surface area contributed by atoms with Crippen molar-refractivity contribution in [1.82, 2.24) is 5.32 Å². The lowest BCUT2D eigenvalue weighted by molar-refractivity contribution is -0.121. The van der Waals surface area contributed by atoms with E-state index < -0.39 is 0 Å². The Morgan fingerprint density at radius 1 is 1.44 bits per heavy atom. The second-order valence-corrected chi connectivity index (χ2v) is 5.07. The molecular formula is C13H18BrNO. The van der Waals surface area contributed by atoms with Gasteiger partial charge in [-0.25, -0.2) is 0 Å². The van der Waals surface area contributed by atoms with Crippen LogP contribution in [0, 0.1) is 6.92 Å². The lowest BCUT2D eigenvalue weighted by Crippen LogP contribution is -2.33. The van der Waals surface area contributed by atoms with Gasteiger partial charge in [-0.1, -0.05) is 47.1 Å². The third kappa shape index (κ3) is 3.34. The van der Waals surface area contributed by atoms with Gasteiger partial charge in [0.15, 0.2) is 0 Å². The number of benzene rings is 1. The lowest BCUT2D eigenvalue weighted by Gasteiger charge is -2.18. The molecule has 0 heterocycles. The van der Waals surface area contributed by atoms with Crippen LogP contribution in [0.1, 0.15) is 37.4 Å². The zero-order valence-electron chi connectivity index (χ0n) is 9.96. The molecule has 1 aromatic carbocycles. The van der Waals surface area contributed by atoms with Gasteiger partial charge in [0, 0.05) is 0 Å². The molecule has 0 saturated heterocycles. The molecule has 0 fully saturated rings. The van der Waals surface area contributed by atoms with Crippen molar-refractivity contribution >= 4 is 21.8 Å². The number of hydrogen-bond donors (Lipinski definition) is 1. The summed E-state index contributed by atoms with van der Waals surface area (Å²) in [6.07, 6.45) is 0.798. The van der Waals surface area contributed by atoms with Crippen molar-refractivity contribution in [2.45, 2.75) is 38.1 Å². The molecule has 1 N–H and O–H groups in total. The second-order valence-electron chi connectivity index (χ2n) is 3.96. The third-order valence-electron chi connectivity index (χ3n) is 2.66. The van der Waals surface area contributed by atoms with Gasteiger partial charge in [0.05, 0.1) is 10.9 Å². The van der Waals surface area contributed by atoms with Gasteiger partial charge in [0.25, 0.3) is 0 Å². The smallest absolute Gasteiger partial charge is 0.234 e. The van der Waals surface area contributed by atoms with Crippen LogP contribution in [-0.2, 0) is 4.79 Å². The molecule has 0 spiro atoms. The largest absolute Gasteiger partial charge is 0.349 e. The quantitative estimate of drug-likeness (QED) is 0.844. The fourth-order valence-electron chi connectivity index (χ4n) is 1.64. The highest BCUT2D eigenvalue weighted by Crippen LogP contribution is 2.17. The van der Waals surface area contributed by atoms with Crippen molar-refractivity contribution in [1.29, 1.82) is 0 Å². The number of alkyl halides is 1. The molecule has 2 nitrogen and oxygen atoms in total. The lowest BCUT2D eigenvalue weighted by atomic mass is 10.0. The summed E-state index contributed by atoms with van der Waals surface area (Å²) in [5, 5.41) is 3.00. The molecule has 0 aliphatic carbocycles. The number of carbonyl (C=O) groups is 1. The van der Waals surface area contributed by atoms with E-state index in [0.717, 1.165) is 6.42 Å². The van der Waals surface area contributed by atoms with Gasteiger partial charge in [0.2, 0.25) is 5.91 Å². The first kappa shape index (κ1) is 13.2. The van der Waals surface area contributed by atoms with Gasteiger partial charge in [-0.3, -0.25) is 4.79 Å². The minimum absolute atomic E-state index is 0.0539. The van der Waals surface area contributed by atoms with Crippen molar-refractivity contribution in [3.8, 4) is 0 Å². The maximum Gasteiger partial charge on any atom is 0.234 e. The monoisotopic (exact) mass is 283 g/mol. The van der Waals surface area contributed by atoms with E-state index in [0.29, 0.717) is 0 Å². The molecule has 1 rings (SSSR count). The van der Waals surface area contributed by atoms with Gasteiger partial charge in [-0.2, -0.15) is 0 Å². The topological polar surface area (TPSA) is 29.1 Å². The molecule has 0 aromatic heterocycles. The number of carbonyl (C=O) groups excluding carboxylic acids is 1. The van der Waals surface area contributed by atoms with Gasteiger partial charge in [-0.05, 0) is 31.4 Å². The Morgan fingerprint density at radius 2 is 2.06 bits per heavy atom. The van der Waals surface area contributed by atoms with Crippen LogP contribution in [-0.4, -0.2) is 10.7 Å². The Kier molecular flexibility index (Phi) is 5.00. The summed E-state index contributed by atoms with van der Waals surface area (Å²) in [7, 11) is 0. The molecule has 1 aromatic rings. The molecule has 1 unspecified atom stereocenters. The van der Waals surface area contributed by atoms with Gasteiger partial charge < -0.3 is 5.32 Å². The van der Waals surface area contributed by atoms with Crippen molar-refractivity contribution in [2.75, 3.05) is 0 Å². The maximum atomic E-state index is 11.7. The molecular weight excluding hydrogens is 266 g/mol. The van der Waals surface area contributed by atoms with Gasteiger partial charge in [-0.15, -0.1) is 0 Å². The zero-order chi connectivity index (χ0) is 12.1. The minimum atomic E-state index is -0.0982. The van der Waals surface area contributed by atoms with E-state index in [-0.39, 0.29) is 16.8 Å². The number of aryl methyl sites for hydroxylation is 1. The molecule has 0 radical (unpaired) electrons. The highest BCUT2D eigenvalue weighted by atomic mass is 79.9. The highest BCUT2D eigenvalue weighted by molar-refractivity contribution is 9.10. The second kappa shape index (κ2) is 6.04. The van der Waals surface area contributed by atoms with E-state index in [1.807, 2.05) is 26.0 Å². The van der Waals surface area contributed by atoms with Crippen LogP contribution in [0.3, 0.4) is 0 Å². The van der Waals surface area contributed by atoms with Crippen LogP contribution in [0.4, 0.5) is 0 Å². The van der Waals surface area contributed by atoms with Crippen molar-refractivity contribution < 1.29 is 4.79 Å². The van der Waals surface area contributed by atoms with E-state index in [2.05, 4.69) is 40.3 Å². The van der Waals surface area contributed by atoms with Crippen molar-refractivity contribution in [2.24, 2.45) is 0 Å². The fraction of sp³-hybridized carbons (Fsp3) is 0.462. The predicted molar refractivity (Wildman–Crippen MR) is 70.7 cm³/mol. The summed E-state index contributed by atoms with van der Waals surface area (Å²) in [5.74, 6) is 0.0539. The number of amides is 1. The molecule has 0 aliphatic rings. The molecule has 16 heavy (non-hydrogen) atoms. The summed E-state index contributed by atoms with van der Waals surface area (Å²) < 4.78 is 0. The molecule has 88 valence electrons. The van der Waals surface area contributed by atoms with E-state index in [4.69, 9.17) is 0 Å². The Morgan fingerprint density at radius 3 is 2.62 bits per heavy atom. The molecule has 0 saturated carbocycles. The number of rotatable bonds is 4. The molecule has 2 atom stereocenters. The Balaban J connectivity index is 2.69. The minimum Gasteiger partial charge on any atom is -0.349 e. The van der Waals surface area contributed by atoms with Gasteiger partial charge >= 0.3 is 0 Å². The number of hydrogen-bond acceptors (Lipinski definition) is 1. The maximum absolute atomic E-state index is 11.7. The Hall–Kier alpha value is -0.830. The van der Waals surface area contributed by atoms with Crippen LogP contribution in [0.25, 0.3) is 0 Å². The predicted octanol–water partition coefficient (Wildman–Crippen LogP) is 3.35. The molecule has 0 bridgehead atoms. The van der Waals surface area contributed by atoms with Crippen molar-refractivity contribution in [3.63, 3.8) is 0 Å². The first-order valence-corrected chi connectivity index (χ1v) is 6.47. The summed E-state index contributed by atoms with van der Waals surface area (Å²) >= 11 is 3.35. The SMILES string of the molecule is CCC(Br)C(=O)N[C@@H](C)c1ccccc1C. The average Bonchev–Trinajstić information content (AvgIpc) is 2.28. The molecule has 0 aliphatic heterocycles. The highest BCUT2D eigenvalue weighted by Gasteiger charge is 2.16. The fourth-order valence-corrected chi connectivity index (χ4v) is 1.77. The summed E-state index contributed by atoms with van der Waals surface area (Å²) in [4.78, 5) is 11.6. The van der Waals surface area contributed by atoms with E-state index in [1.165, 1.54) is 11.1 Å². The average molecular weight is 284 g/mol. The number of halogens is 1. The Bertz CT molecular complexity index is 365. The van der Waals surface area contributed by atoms with Crippen molar-refractivity contribution in [3.05, 3.63) is 35.4 Å². The van der Waals surface area contributed by atoms with E-state index in [9.17, 15) is 4.79 Å². The van der Waals surface area contributed by atoms with Crippen LogP contribution in [0.2, 0.25) is 0 Å². The third-order valence-corrected chi connectivity index (χ3v) is 3.72. The van der Waals surface area contributed by atoms with Gasteiger partial charge in [0.1, 0.15) is 0 Å². The number of nitrogens with one attached hydrogen (secondary N) is 1. The normalized spacial score (nSPS) is 14.2.